The first-order valence-electron chi connectivity index (χ1n) is 12.2. The van der Waals surface area contributed by atoms with Crippen LogP contribution in [0.5, 0.6) is 0 Å². The van der Waals surface area contributed by atoms with Gasteiger partial charge in [0.25, 0.3) is 0 Å². The monoisotopic (exact) mass is 425 g/mol. The van der Waals surface area contributed by atoms with Crippen LogP contribution >= 0.6 is 0 Å². The van der Waals surface area contributed by atoms with E-state index in [1.54, 1.807) is 5.57 Å². The van der Waals surface area contributed by atoms with Gasteiger partial charge in [0.1, 0.15) is 0 Å². The van der Waals surface area contributed by atoms with Crippen LogP contribution in [-0.2, 0) is 5.41 Å². The second-order valence-electron chi connectivity index (χ2n) is 9.50. The standard InChI is InChI=1S/C32H27N/c1-3-4-15-25-21(2)22-12-5-7-16-26(22)32(25)27-17-8-10-20-30(27)33-29-19-9-6-13-23(29)24-14-11-18-28(32)31(24)33/h4,6-11,13-20H,3,5,12H2,1-2H3/b15-4-. The van der Waals surface area contributed by atoms with Crippen LogP contribution in [0, 0.1) is 0 Å². The molecule has 33 heavy (non-hydrogen) atoms. The molecule has 0 fully saturated rings. The van der Waals surface area contributed by atoms with E-state index in [-0.39, 0.29) is 5.41 Å². The van der Waals surface area contributed by atoms with E-state index >= 15 is 0 Å². The minimum atomic E-state index is -0.261. The summed E-state index contributed by atoms with van der Waals surface area (Å²) in [5.74, 6) is 0. The zero-order valence-electron chi connectivity index (χ0n) is 19.2. The summed E-state index contributed by atoms with van der Waals surface area (Å²) in [5, 5.41) is 2.68. The van der Waals surface area contributed by atoms with Gasteiger partial charge in [-0.05, 0) is 71.7 Å². The summed E-state index contributed by atoms with van der Waals surface area (Å²) >= 11 is 0. The van der Waals surface area contributed by atoms with Gasteiger partial charge in [0.2, 0.25) is 0 Å². The lowest BCUT2D eigenvalue weighted by Gasteiger charge is -2.41. The van der Waals surface area contributed by atoms with Gasteiger partial charge in [0.05, 0.1) is 22.1 Å². The fourth-order valence-corrected chi connectivity index (χ4v) is 6.76. The van der Waals surface area contributed by atoms with Crippen molar-refractivity contribution in [2.75, 3.05) is 0 Å². The average molecular weight is 426 g/mol. The van der Waals surface area contributed by atoms with Crippen molar-refractivity contribution in [1.29, 1.82) is 0 Å². The van der Waals surface area contributed by atoms with Crippen molar-refractivity contribution in [3.05, 3.63) is 124 Å². The van der Waals surface area contributed by atoms with Crippen LogP contribution in [0.25, 0.3) is 27.5 Å². The molecule has 160 valence electrons. The molecule has 1 heteroatoms. The Balaban J connectivity index is 1.75. The molecular weight excluding hydrogens is 398 g/mol. The van der Waals surface area contributed by atoms with E-state index in [1.165, 1.54) is 55.3 Å². The van der Waals surface area contributed by atoms with Gasteiger partial charge in [0, 0.05) is 10.8 Å². The molecule has 0 amide bonds. The molecule has 2 heterocycles. The maximum atomic E-state index is 2.52. The number of allylic oxidation sites excluding steroid dienone is 8. The van der Waals surface area contributed by atoms with Gasteiger partial charge < -0.3 is 4.57 Å². The van der Waals surface area contributed by atoms with E-state index < -0.39 is 0 Å². The number of hydrogen-bond acceptors (Lipinski definition) is 0. The Morgan fingerprint density at radius 2 is 1.70 bits per heavy atom. The topological polar surface area (TPSA) is 4.93 Å². The van der Waals surface area contributed by atoms with Gasteiger partial charge in [-0.1, -0.05) is 85.8 Å². The molecule has 0 saturated carbocycles. The highest BCUT2D eigenvalue weighted by atomic mass is 15.0. The zero-order valence-corrected chi connectivity index (χ0v) is 19.2. The molecule has 1 nitrogen and oxygen atoms in total. The molecule has 0 radical (unpaired) electrons. The number of para-hydroxylation sites is 3. The van der Waals surface area contributed by atoms with Gasteiger partial charge in [-0.2, -0.15) is 0 Å². The molecule has 2 aliphatic carbocycles. The Kier molecular flexibility index (Phi) is 3.85. The van der Waals surface area contributed by atoms with Crippen molar-refractivity contribution < 1.29 is 0 Å². The van der Waals surface area contributed by atoms with Crippen LogP contribution in [0.2, 0.25) is 0 Å². The molecule has 4 aromatic rings. The van der Waals surface area contributed by atoms with Crippen LogP contribution < -0.4 is 0 Å². The zero-order chi connectivity index (χ0) is 22.2. The van der Waals surface area contributed by atoms with Crippen molar-refractivity contribution >= 4 is 21.8 Å². The molecule has 0 saturated heterocycles. The molecule has 1 atom stereocenters. The van der Waals surface area contributed by atoms with Crippen molar-refractivity contribution in [3.63, 3.8) is 0 Å². The number of benzene rings is 3. The summed E-state index contributed by atoms with van der Waals surface area (Å²) < 4.78 is 2.52. The summed E-state index contributed by atoms with van der Waals surface area (Å²) in [6.45, 7) is 4.58. The average Bonchev–Trinajstić information content (AvgIpc) is 3.33. The second-order valence-corrected chi connectivity index (χ2v) is 9.50. The first-order chi connectivity index (χ1) is 16.3. The lowest BCUT2D eigenvalue weighted by molar-refractivity contribution is 0.727. The molecule has 1 aliphatic heterocycles. The number of hydrogen-bond donors (Lipinski definition) is 0. The van der Waals surface area contributed by atoms with Gasteiger partial charge >= 0.3 is 0 Å². The first kappa shape index (κ1) is 18.9. The van der Waals surface area contributed by atoms with E-state index in [2.05, 4.69) is 109 Å². The molecule has 1 unspecified atom stereocenters. The Bertz CT molecular complexity index is 1600. The minimum Gasteiger partial charge on any atom is -0.309 e. The SMILES string of the molecule is CC/C=C\C1=C(C)C2=C(C=CCC2)C12c1ccccc1-n1c3ccccc3c3cccc2c31. The van der Waals surface area contributed by atoms with Crippen LogP contribution in [-0.4, -0.2) is 4.57 Å². The van der Waals surface area contributed by atoms with E-state index in [9.17, 15) is 0 Å². The van der Waals surface area contributed by atoms with Crippen molar-refractivity contribution in [2.45, 2.75) is 38.5 Å². The van der Waals surface area contributed by atoms with E-state index in [1.807, 2.05) is 0 Å². The third-order valence-electron chi connectivity index (χ3n) is 8.00. The van der Waals surface area contributed by atoms with Crippen LogP contribution in [0.4, 0.5) is 0 Å². The molecule has 0 bridgehead atoms. The third kappa shape index (κ3) is 2.18. The normalized spacial score (nSPS) is 21.2. The third-order valence-corrected chi connectivity index (χ3v) is 8.00. The fourth-order valence-electron chi connectivity index (χ4n) is 6.76. The smallest absolute Gasteiger partial charge is 0.0747 e. The molecule has 1 spiro atoms. The van der Waals surface area contributed by atoms with Crippen LogP contribution in [0.3, 0.4) is 0 Å². The molecular formula is C32H27N. The highest BCUT2D eigenvalue weighted by molar-refractivity contribution is 6.12. The lowest BCUT2D eigenvalue weighted by Crippen LogP contribution is -2.34. The number of fused-ring (bicyclic) bond motifs is 8. The van der Waals surface area contributed by atoms with Crippen molar-refractivity contribution in [3.8, 4) is 5.69 Å². The summed E-state index contributed by atoms with van der Waals surface area (Å²) in [7, 11) is 0. The fraction of sp³-hybridized carbons (Fsp3) is 0.188. The highest BCUT2D eigenvalue weighted by Crippen LogP contribution is 2.61. The second kappa shape index (κ2) is 6.71. The predicted octanol–water partition coefficient (Wildman–Crippen LogP) is 8.33. The molecule has 1 aromatic heterocycles. The van der Waals surface area contributed by atoms with Crippen LogP contribution in [0.15, 0.2) is 113 Å². The first-order valence-corrected chi connectivity index (χ1v) is 12.2. The summed E-state index contributed by atoms with van der Waals surface area (Å²) in [6.07, 6.45) is 12.9. The largest absolute Gasteiger partial charge is 0.309 e. The van der Waals surface area contributed by atoms with Gasteiger partial charge in [-0.25, -0.2) is 0 Å². The lowest BCUT2D eigenvalue weighted by atomic mass is 9.63. The number of aromatic nitrogens is 1. The Hall–Kier alpha value is -3.58. The summed E-state index contributed by atoms with van der Waals surface area (Å²) in [5.41, 5.74) is 12.5. The number of nitrogens with zero attached hydrogens (tertiary/aromatic N) is 1. The molecule has 3 aromatic carbocycles. The Morgan fingerprint density at radius 3 is 2.61 bits per heavy atom. The maximum absolute atomic E-state index is 2.52. The van der Waals surface area contributed by atoms with Crippen molar-refractivity contribution in [1.82, 2.24) is 4.57 Å². The van der Waals surface area contributed by atoms with E-state index in [0.717, 1.165) is 19.3 Å². The maximum Gasteiger partial charge on any atom is 0.0747 e. The Labute approximate surface area is 195 Å². The van der Waals surface area contributed by atoms with Crippen LogP contribution in [0.1, 0.15) is 44.2 Å². The quantitative estimate of drug-likeness (QED) is 0.304. The van der Waals surface area contributed by atoms with Crippen molar-refractivity contribution in [2.24, 2.45) is 0 Å². The molecule has 3 aliphatic rings. The van der Waals surface area contributed by atoms with Gasteiger partial charge in [-0.15, -0.1) is 0 Å². The van der Waals surface area contributed by atoms with E-state index in [4.69, 9.17) is 0 Å². The van der Waals surface area contributed by atoms with Gasteiger partial charge in [0.15, 0.2) is 0 Å². The van der Waals surface area contributed by atoms with E-state index in [0.29, 0.717) is 0 Å². The summed E-state index contributed by atoms with van der Waals surface area (Å²) in [4.78, 5) is 0. The minimum absolute atomic E-state index is 0.261. The van der Waals surface area contributed by atoms with Gasteiger partial charge in [-0.3, -0.25) is 0 Å². The molecule has 7 rings (SSSR count). The molecule has 0 N–H and O–H groups in total. The number of rotatable bonds is 2. The highest BCUT2D eigenvalue weighted by Gasteiger charge is 2.51. The Morgan fingerprint density at radius 1 is 0.909 bits per heavy atom. The summed E-state index contributed by atoms with van der Waals surface area (Å²) in [6, 6.07) is 24.9. The predicted molar refractivity (Wildman–Crippen MR) is 139 cm³/mol.